The molecule has 1 heterocycles. The summed E-state index contributed by atoms with van der Waals surface area (Å²) in [6.07, 6.45) is 0. The second-order valence-corrected chi connectivity index (χ2v) is 13.8. The van der Waals surface area contributed by atoms with Crippen molar-refractivity contribution in [2.45, 2.75) is 19.3 Å². The van der Waals surface area contributed by atoms with Crippen LogP contribution in [0.1, 0.15) is 25.0 Å². The molecule has 0 fully saturated rings. The molecule has 51 heavy (non-hydrogen) atoms. The van der Waals surface area contributed by atoms with Gasteiger partial charge in [-0.1, -0.05) is 159 Å². The highest BCUT2D eigenvalue weighted by molar-refractivity contribution is 6.07. The van der Waals surface area contributed by atoms with Crippen molar-refractivity contribution in [1.82, 2.24) is 0 Å². The number of anilines is 6. The quantitative estimate of drug-likeness (QED) is 0.176. The molecule has 0 saturated carbocycles. The van der Waals surface area contributed by atoms with Crippen LogP contribution in [0.4, 0.5) is 34.1 Å². The van der Waals surface area contributed by atoms with Gasteiger partial charge in [-0.25, -0.2) is 0 Å². The number of rotatable bonds is 6. The summed E-state index contributed by atoms with van der Waals surface area (Å²) < 4.78 is 0. The standard InChI is InChI=1S/C49H38N2/c1-49(2)44-27-14-15-28-46(44)51(48-42-26-13-12-19-36(42)29-31-43(48)35-17-6-3-7-18-35)47-34-38(30-32-45(47)49)37-20-16-25-41(33-37)50(39-21-8-4-9-22-39)40-23-10-5-11-24-40/h3-34H,1-2H3. The predicted molar refractivity (Wildman–Crippen MR) is 216 cm³/mol. The first-order chi connectivity index (χ1) is 25.1. The monoisotopic (exact) mass is 654 g/mol. The first-order valence-corrected chi connectivity index (χ1v) is 17.7. The van der Waals surface area contributed by atoms with E-state index in [9.17, 15) is 0 Å². The van der Waals surface area contributed by atoms with E-state index in [1.165, 1.54) is 61.2 Å². The van der Waals surface area contributed by atoms with Crippen LogP contribution in [-0.2, 0) is 5.41 Å². The first-order valence-electron chi connectivity index (χ1n) is 17.7. The third-order valence-corrected chi connectivity index (χ3v) is 10.4. The molecule has 0 saturated heterocycles. The zero-order chi connectivity index (χ0) is 34.4. The molecule has 0 unspecified atom stereocenters. The van der Waals surface area contributed by atoms with Crippen LogP contribution in [0, 0.1) is 0 Å². The fourth-order valence-electron chi connectivity index (χ4n) is 7.91. The summed E-state index contributed by atoms with van der Waals surface area (Å²) >= 11 is 0. The molecule has 0 amide bonds. The third-order valence-electron chi connectivity index (χ3n) is 10.4. The zero-order valence-electron chi connectivity index (χ0n) is 28.9. The summed E-state index contributed by atoms with van der Waals surface area (Å²) in [5, 5.41) is 2.45. The Bertz CT molecular complexity index is 2460. The number of hydrogen-bond donors (Lipinski definition) is 0. The molecule has 1 aliphatic rings. The van der Waals surface area contributed by atoms with Crippen LogP contribution in [0.15, 0.2) is 194 Å². The molecular formula is C49H38N2. The van der Waals surface area contributed by atoms with E-state index in [0.717, 1.165) is 17.1 Å². The van der Waals surface area contributed by atoms with Gasteiger partial charge in [0.25, 0.3) is 0 Å². The highest BCUT2D eigenvalue weighted by Crippen LogP contribution is 2.55. The molecule has 0 spiro atoms. The highest BCUT2D eigenvalue weighted by Gasteiger charge is 2.38. The molecule has 9 rings (SSSR count). The van der Waals surface area contributed by atoms with Gasteiger partial charge < -0.3 is 9.80 Å². The van der Waals surface area contributed by atoms with Crippen molar-refractivity contribution in [1.29, 1.82) is 0 Å². The van der Waals surface area contributed by atoms with Gasteiger partial charge in [-0.05, 0) is 81.7 Å². The van der Waals surface area contributed by atoms with Gasteiger partial charge in [0.2, 0.25) is 0 Å². The summed E-state index contributed by atoms with van der Waals surface area (Å²) in [7, 11) is 0. The number of hydrogen-bond acceptors (Lipinski definition) is 2. The molecule has 0 aromatic heterocycles. The lowest BCUT2D eigenvalue weighted by Crippen LogP contribution is -2.31. The molecule has 0 N–H and O–H groups in total. The zero-order valence-corrected chi connectivity index (χ0v) is 28.9. The molecule has 8 aromatic carbocycles. The molecule has 244 valence electrons. The molecule has 0 atom stereocenters. The average Bonchev–Trinajstić information content (AvgIpc) is 3.19. The Balaban J connectivity index is 1.27. The molecule has 0 aliphatic carbocycles. The molecule has 1 aliphatic heterocycles. The van der Waals surface area contributed by atoms with E-state index in [0.29, 0.717) is 0 Å². The predicted octanol–water partition coefficient (Wildman–Crippen LogP) is 13.8. The smallest absolute Gasteiger partial charge is 0.0618 e. The Morgan fingerprint density at radius 1 is 0.412 bits per heavy atom. The van der Waals surface area contributed by atoms with E-state index in [1.807, 2.05) is 0 Å². The van der Waals surface area contributed by atoms with E-state index < -0.39 is 0 Å². The van der Waals surface area contributed by atoms with Gasteiger partial charge in [-0.15, -0.1) is 0 Å². The summed E-state index contributed by atoms with van der Waals surface area (Å²) in [6, 6.07) is 70.4. The maximum Gasteiger partial charge on any atom is 0.0618 e. The summed E-state index contributed by atoms with van der Waals surface area (Å²) in [4.78, 5) is 4.87. The summed E-state index contributed by atoms with van der Waals surface area (Å²) in [5.74, 6) is 0. The maximum absolute atomic E-state index is 2.54. The molecule has 8 aromatic rings. The van der Waals surface area contributed by atoms with Crippen LogP contribution in [0.25, 0.3) is 33.0 Å². The van der Waals surface area contributed by atoms with Crippen molar-refractivity contribution < 1.29 is 0 Å². The lowest BCUT2D eigenvalue weighted by molar-refractivity contribution is 0.632. The average molecular weight is 655 g/mol. The van der Waals surface area contributed by atoms with E-state index in [-0.39, 0.29) is 5.41 Å². The van der Waals surface area contributed by atoms with Gasteiger partial charge in [-0.3, -0.25) is 0 Å². The molecule has 2 heteroatoms. The molecule has 2 nitrogen and oxygen atoms in total. The summed E-state index contributed by atoms with van der Waals surface area (Å²) in [6.45, 7) is 4.72. The Labute approximate surface area is 300 Å². The third kappa shape index (κ3) is 5.28. The van der Waals surface area contributed by atoms with E-state index in [4.69, 9.17) is 0 Å². The number of fused-ring (bicyclic) bond motifs is 3. The number of nitrogens with zero attached hydrogens (tertiary/aromatic N) is 2. The second-order valence-electron chi connectivity index (χ2n) is 13.8. The van der Waals surface area contributed by atoms with Gasteiger partial charge in [0.1, 0.15) is 0 Å². The van der Waals surface area contributed by atoms with Crippen LogP contribution in [0.3, 0.4) is 0 Å². The fraction of sp³-hybridized carbons (Fsp3) is 0.0612. The minimum absolute atomic E-state index is 0.197. The lowest BCUT2D eigenvalue weighted by atomic mass is 9.73. The Morgan fingerprint density at radius 3 is 1.73 bits per heavy atom. The van der Waals surface area contributed by atoms with E-state index in [1.54, 1.807) is 0 Å². The van der Waals surface area contributed by atoms with Crippen molar-refractivity contribution in [2.75, 3.05) is 9.80 Å². The maximum atomic E-state index is 2.54. The second kappa shape index (κ2) is 12.5. The highest BCUT2D eigenvalue weighted by atomic mass is 15.2. The van der Waals surface area contributed by atoms with Crippen molar-refractivity contribution in [3.63, 3.8) is 0 Å². The van der Waals surface area contributed by atoms with E-state index >= 15 is 0 Å². The summed E-state index contributed by atoms with van der Waals surface area (Å²) in [5.41, 5.74) is 14.2. The number of para-hydroxylation sites is 3. The van der Waals surface area contributed by atoms with Crippen molar-refractivity contribution in [3.8, 4) is 22.3 Å². The first kappa shape index (κ1) is 30.7. The molecular weight excluding hydrogens is 617 g/mol. The van der Waals surface area contributed by atoms with Crippen LogP contribution < -0.4 is 9.80 Å². The van der Waals surface area contributed by atoms with Crippen molar-refractivity contribution in [2.24, 2.45) is 0 Å². The fourth-order valence-corrected chi connectivity index (χ4v) is 7.91. The lowest BCUT2D eigenvalue weighted by Gasteiger charge is -2.43. The molecule has 0 bridgehead atoms. The minimum atomic E-state index is -0.197. The Morgan fingerprint density at radius 2 is 0.980 bits per heavy atom. The van der Waals surface area contributed by atoms with Crippen LogP contribution in [-0.4, -0.2) is 0 Å². The number of benzene rings is 8. The van der Waals surface area contributed by atoms with Crippen molar-refractivity contribution >= 4 is 44.9 Å². The molecule has 0 radical (unpaired) electrons. The van der Waals surface area contributed by atoms with Gasteiger partial charge in [0.05, 0.1) is 17.1 Å². The van der Waals surface area contributed by atoms with Gasteiger partial charge >= 0.3 is 0 Å². The van der Waals surface area contributed by atoms with Crippen LogP contribution in [0.5, 0.6) is 0 Å². The normalized spacial score (nSPS) is 13.0. The SMILES string of the molecule is CC1(C)c2ccccc2N(c2c(-c3ccccc3)ccc3ccccc23)c2cc(-c3cccc(N(c4ccccc4)c4ccccc4)c3)ccc21. The Hall–Kier alpha value is -6.38. The van der Waals surface area contributed by atoms with Crippen molar-refractivity contribution in [3.05, 3.63) is 205 Å². The van der Waals surface area contributed by atoms with E-state index in [2.05, 4.69) is 218 Å². The van der Waals surface area contributed by atoms with Gasteiger partial charge in [-0.2, -0.15) is 0 Å². The topological polar surface area (TPSA) is 6.48 Å². The Kier molecular flexibility index (Phi) is 7.51. The van der Waals surface area contributed by atoms with Crippen LogP contribution >= 0.6 is 0 Å². The van der Waals surface area contributed by atoms with Gasteiger partial charge in [0.15, 0.2) is 0 Å². The van der Waals surface area contributed by atoms with Gasteiger partial charge in [0, 0.05) is 33.4 Å². The van der Waals surface area contributed by atoms with Crippen LogP contribution in [0.2, 0.25) is 0 Å². The largest absolute Gasteiger partial charge is 0.310 e. The minimum Gasteiger partial charge on any atom is -0.310 e.